The van der Waals surface area contributed by atoms with Gasteiger partial charge in [0.15, 0.2) is 5.75 Å². The summed E-state index contributed by atoms with van der Waals surface area (Å²) in [5.41, 5.74) is 4.31. The van der Waals surface area contributed by atoms with Crippen molar-refractivity contribution in [3.05, 3.63) is 59.5 Å². The highest BCUT2D eigenvalue weighted by molar-refractivity contribution is 5.98. The third kappa shape index (κ3) is 3.87. The molecule has 5 nitrogen and oxygen atoms in total. The average molecular weight is 372 g/mol. The standard InChI is InChI=1S/C22H29N3O2.2H2/c1-14-15(2)20(19(14)23-16-10-7-5-6-8-11-16)24-18-13-9-12-17(21(18)26)22(27)25(3)4;;/h9,12-13,16,23-24,26H,1-2,5-8,10-11H2,3-4H3;2*1H. The van der Waals surface area contributed by atoms with Gasteiger partial charge in [0.25, 0.3) is 5.91 Å². The predicted molar refractivity (Wildman–Crippen MR) is 114 cm³/mol. The third-order valence-electron chi connectivity index (χ3n) is 5.35. The Morgan fingerprint density at radius 1 is 1.11 bits per heavy atom. The first-order valence-corrected chi connectivity index (χ1v) is 9.60. The first-order chi connectivity index (χ1) is 12.9. The van der Waals surface area contributed by atoms with Gasteiger partial charge in [-0.2, -0.15) is 0 Å². The molecule has 0 atom stereocenters. The fourth-order valence-electron chi connectivity index (χ4n) is 3.66. The summed E-state index contributed by atoms with van der Waals surface area (Å²) in [6.45, 7) is 8.19. The normalized spacial score (nSPS) is 18.0. The molecule has 0 saturated heterocycles. The minimum absolute atomic E-state index is 0. The Morgan fingerprint density at radius 2 is 1.74 bits per heavy atom. The van der Waals surface area contributed by atoms with Crippen LogP contribution in [0.1, 0.15) is 51.7 Å². The number of carbonyl (C=O) groups excluding carboxylic acids is 1. The molecule has 27 heavy (non-hydrogen) atoms. The Kier molecular flexibility index (Phi) is 5.59. The van der Waals surface area contributed by atoms with Crippen LogP contribution in [0, 0.1) is 0 Å². The topological polar surface area (TPSA) is 64.6 Å². The fourth-order valence-corrected chi connectivity index (χ4v) is 3.66. The van der Waals surface area contributed by atoms with Crippen LogP contribution in [0.3, 0.4) is 0 Å². The van der Waals surface area contributed by atoms with Crippen molar-refractivity contribution in [2.24, 2.45) is 0 Å². The number of allylic oxidation sites excluding steroid dienone is 2. The van der Waals surface area contributed by atoms with Crippen molar-refractivity contribution in [2.75, 3.05) is 19.4 Å². The van der Waals surface area contributed by atoms with Crippen LogP contribution in [-0.4, -0.2) is 36.1 Å². The summed E-state index contributed by atoms with van der Waals surface area (Å²) in [6, 6.07) is 5.58. The van der Waals surface area contributed by atoms with Crippen LogP contribution in [0.15, 0.2) is 53.9 Å². The molecule has 2 aliphatic carbocycles. The van der Waals surface area contributed by atoms with Gasteiger partial charge < -0.3 is 20.6 Å². The summed E-state index contributed by atoms with van der Waals surface area (Å²) in [5, 5.41) is 17.4. The molecule has 1 amide bonds. The largest absolute Gasteiger partial charge is 0.505 e. The van der Waals surface area contributed by atoms with E-state index in [0.717, 1.165) is 35.4 Å². The molecule has 1 aromatic rings. The van der Waals surface area contributed by atoms with Gasteiger partial charge in [-0.15, -0.1) is 0 Å². The van der Waals surface area contributed by atoms with E-state index in [1.807, 2.05) is 0 Å². The molecule has 148 valence electrons. The van der Waals surface area contributed by atoms with Gasteiger partial charge in [0.05, 0.1) is 22.6 Å². The number of phenolic OH excluding ortho intramolecular Hbond substituents is 1. The van der Waals surface area contributed by atoms with Crippen LogP contribution in [-0.2, 0) is 0 Å². The van der Waals surface area contributed by atoms with E-state index < -0.39 is 0 Å². The quantitative estimate of drug-likeness (QED) is 0.521. The highest BCUT2D eigenvalue weighted by Gasteiger charge is 2.29. The van der Waals surface area contributed by atoms with Crippen LogP contribution < -0.4 is 10.6 Å². The summed E-state index contributed by atoms with van der Waals surface area (Å²) < 4.78 is 0. The predicted octanol–water partition coefficient (Wildman–Crippen LogP) is 4.65. The lowest BCUT2D eigenvalue weighted by molar-refractivity contribution is 0.0824. The maximum absolute atomic E-state index is 12.2. The molecule has 0 radical (unpaired) electrons. The zero-order valence-electron chi connectivity index (χ0n) is 16.3. The molecular formula is C22H33N3O2. The van der Waals surface area contributed by atoms with Gasteiger partial charge in [-0.3, -0.25) is 4.79 Å². The number of nitrogens with one attached hydrogen (secondary N) is 2. The monoisotopic (exact) mass is 371 g/mol. The second-order valence-electron chi connectivity index (χ2n) is 7.57. The molecule has 0 aliphatic heterocycles. The molecule has 1 saturated carbocycles. The van der Waals surface area contributed by atoms with Crippen molar-refractivity contribution in [2.45, 2.75) is 44.6 Å². The molecule has 2 aliphatic rings. The molecule has 1 fully saturated rings. The summed E-state index contributed by atoms with van der Waals surface area (Å²) in [4.78, 5) is 13.7. The van der Waals surface area contributed by atoms with Gasteiger partial charge in [-0.25, -0.2) is 0 Å². The van der Waals surface area contributed by atoms with E-state index in [9.17, 15) is 9.90 Å². The number of phenols is 1. The number of carbonyl (C=O) groups is 1. The molecule has 0 unspecified atom stereocenters. The van der Waals surface area contributed by atoms with Crippen molar-refractivity contribution < 1.29 is 12.8 Å². The maximum Gasteiger partial charge on any atom is 0.257 e. The molecule has 5 heteroatoms. The van der Waals surface area contributed by atoms with E-state index in [0.29, 0.717) is 11.7 Å². The number of para-hydroxylation sites is 1. The van der Waals surface area contributed by atoms with Crippen molar-refractivity contribution >= 4 is 11.6 Å². The Balaban J connectivity index is 0.00000210. The molecular weight excluding hydrogens is 338 g/mol. The van der Waals surface area contributed by atoms with Gasteiger partial charge in [-0.05, 0) is 25.0 Å². The fraction of sp³-hybridized carbons (Fsp3) is 0.409. The average Bonchev–Trinajstić information content (AvgIpc) is 2.93. The number of nitrogens with zero attached hydrogens (tertiary/aromatic N) is 1. The molecule has 1 aromatic carbocycles. The van der Waals surface area contributed by atoms with E-state index in [1.54, 1.807) is 32.3 Å². The highest BCUT2D eigenvalue weighted by Crippen LogP contribution is 2.39. The zero-order chi connectivity index (χ0) is 19.6. The Labute approximate surface area is 164 Å². The van der Waals surface area contributed by atoms with Crippen LogP contribution in [0.25, 0.3) is 0 Å². The first kappa shape index (κ1) is 19.1. The Hall–Kier alpha value is -2.69. The number of hydrogen-bond donors (Lipinski definition) is 3. The van der Waals surface area contributed by atoms with Crippen LogP contribution in [0.2, 0.25) is 0 Å². The van der Waals surface area contributed by atoms with Crippen molar-refractivity contribution in [3.8, 4) is 5.75 Å². The van der Waals surface area contributed by atoms with E-state index in [4.69, 9.17) is 0 Å². The zero-order valence-corrected chi connectivity index (χ0v) is 16.3. The molecule has 0 spiro atoms. The van der Waals surface area contributed by atoms with Gasteiger partial charge in [0.2, 0.25) is 0 Å². The smallest absolute Gasteiger partial charge is 0.257 e. The molecule has 0 aromatic heterocycles. The van der Waals surface area contributed by atoms with Crippen LogP contribution in [0.4, 0.5) is 5.69 Å². The molecule has 0 heterocycles. The van der Waals surface area contributed by atoms with E-state index in [1.165, 1.54) is 30.6 Å². The highest BCUT2D eigenvalue weighted by atomic mass is 16.3. The van der Waals surface area contributed by atoms with Crippen LogP contribution >= 0.6 is 0 Å². The minimum atomic E-state index is -0.237. The van der Waals surface area contributed by atoms with Gasteiger partial charge in [-0.1, -0.05) is 44.9 Å². The summed E-state index contributed by atoms with van der Waals surface area (Å²) in [6.07, 6.45) is 7.42. The number of amides is 1. The second kappa shape index (κ2) is 7.91. The van der Waals surface area contributed by atoms with E-state index >= 15 is 0 Å². The minimum Gasteiger partial charge on any atom is -0.505 e. The molecule has 0 bridgehead atoms. The number of anilines is 1. The first-order valence-electron chi connectivity index (χ1n) is 9.60. The summed E-state index contributed by atoms with van der Waals surface area (Å²) in [5.74, 6) is -0.290. The maximum atomic E-state index is 12.2. The lowest BCUT2D eigenvalue weighted by Gasteiger charge is -2.34. The van der Waals surface area contributed by atoms with Crippen LogP contribution in [0.5, 0.6) is 5.75 Å². The van der Waals surface area contributed by atoms with Crippen molar-refractivity contribution in [3.63, 3.8) is 0 Å². The number of rotatable bonds is 5. The second-order valence-corrected chi connectivity index (χ2v) is 7.57. The number of aromatic hydroxyl groups is 1. The Morgan fingerprint density at radius 3 is 2.37 bits per heavy atom. The van der Waals surface area contributed by atoms with Gasteiger partial charge in [0.1, 0.15) is 0 Å². The summed E-state index contributed by atoms with van der Waals surface area (Å²) in [7, 11) is 3.33. The van der Waals surface area contributed by atoms with Gasteiger partial charge >= 0.3 is 0 Å². The lowest BCUT2D eigenvalue weighted by atomic mass is 9.88. The number of benzene rings is 1. The SMILES string of the molecule is C=C1C(=C)C(NC2CCCCCC2)=C1Nc1cccc(C(=O)N(C)C)c1O.[HH].[HH]. The molecule has 3 rings (SSSR count). The Bertz CT molecular complexity index is 810. The number of hydrogen-bond acceptors (Lipinski definition) is 4. The summed E-state index contributed by atoms with van der Waals surface area (Å²) >= 11 is 0. The van der Waals surface area contributed by atoms with Crippen molar-refractivity contribution in [1.82, 2.24) is 10.2 Å². The lowest BCUT2D eigenvalue weighted by Crippen LogP contribution is -2.35. The van der Waals surface area contributed by atoms with E-state index in [-0.39, 0.29) is 20.1 Å². The molecule has 3 N–H and O–H groups in total. The third-order valence-corrected chi connectivity index (χ3v) is 5.35. The van der Waals surface area contributed by atoms with Gasteiger partial charge in [0, 0.05) is 34.1 Å². The van der Waals surface area contributed by atoms with Crippen molar-refractivity contribution in [1.29, 1.82) is 0 Å². The van der Waals surface area contributed by atoms with E-state index in [2.05, 4.69) is 23.8 Å².